The highest BCUT2D eigenvalue weighted by Gasteiger charge is 2.05. The lowest BCUT2D eigenvalue weighted by atomic mass is 10.2. The average Bonchev–Trinajstić information content (AvgIpc) is 2.27. The lowest BCUT2D eigenvalue weighted by Gasteiger charge is -2.13. The summed E-state index contributed by atoms with van der Waals surface area (Å²) >= 11 is 5.98. The fraction of sp³-hybridized carbons (Fsp3) is 0.250. The first kappa shape index (κ1) is 11.4. The van der Waals surface area contributed by atoms with Gasteiger partial charge in [-0.2, -0.15) is 5.26 Å². The monoisotopic (exact) mass is 218 g/mol. The van der Waals surface area contributed by atoms with Crippen LogP contribution in [0.15, 0.2) is 18.2 Å². The van der Waals surface area contributed by atoms with Gasteiger partial charge in [0.15, 0.2) is 0 Å². The third-order valence-electron chi connectivity index (χ3n) is 2.04. The van der Waals surface area contributed by atoms with Gasteiger partial charge in [0.05, 0.1) is 28.4 Å². The van der Waals surface area contributed by atoms with Crippen molar-refractivity contribution >= 4 is 17.3 Å². The summed E-state index contributed by atoms with van der Waals surface area (Å²) in [5.41, 5.74) is 1.31. The second-order valence-corrected chi connectivity index (χ2v) is 3.49. The van der Waals surface area contributed by atoms with Crippen LogP contribution in [0.4, 0.5) is 5.69 Å². The second kappa shape index (κ2) is 5.29. The van der Waals surface area contributed by atoms with Gasteiger partial charge in [0.25, 0.3) is 0 Å². The molecule has 1 aromatic rings. The molecule has 0 amide bonds. The van der Waals surface area contributed by atoms with Gasteiger partial charge in [-0.05, 0) is 24.6 Å². The number of hydrogen-bond donors (Lipinski definition) is 1. The van der Waals surface area contributed by atoms with Crippen molar-refractivity contribution in [1.29, 1.82) is 5.26 Å². The van der Waals surface area contributed by atoms with Gasteiger partial charge in [0.2, 0.25) is 0 Å². The van der Waals surface area contributed by atoms with Crippen molar-refractivity contribution < 1.29 is 0 Å². The first-order chi connectivity index (χ1) is 7.21. The molecule has 0 aliphatic carbocycles. The van der Waals surface area contributed by atoms with E-state index in [4.69, 9.17) is 23.3 Å². The Labute approximate surface area is 94.9 Å². The summed E-state index contributed by atoms with van der Waals surface area (Å²) in [6.07, 6.45) is 6.16. The van der Waals surface area contributed by atoms with E-state index in [-0.39, 0.29) is 6.04 Å². The highest BCUT2D eigenvalue weighted by Crippen LogP contribution is 2.23. The zero-order valence-electron chi connectivity index (χ0n) is 8.42. The minimum atomic E-state index is -0.0320. The van der Waals surface area contributed by atoms with E-state index in [1.165, 1.54) is 0 Å². The van der Waals surface area contributed by atoms with Crippen LogP contribution in [0.25, 0.3) is 0 Å². The zero-order chi connectivity index (χ0) is 11.3. The Hall–Kier alpha value is -1.64. The molecule has 0 spiro atoms. The van der Waals surface area contributed by atoms with Crippen LogP contribution < -0.4 is 5.32 Å². The highest BCUT2D eigenvalue weighted by atomic mass is 35.5. The van der Waals surface area contributed by atoms with Crippen molar-refractivity contribution in [2.45, 2.75) is 19.4 Å². The Balaban J connectivity index is 2.89. The Morgan fingerprint density at radius 3 is 2.80 bits per heavy atom. The number of anilines is 1. The van der Waals surface area contributed by atoms with Crippen molar-refractivity contribution in [2.24, 2.45) is 0 Å². The number of nitrogens with one attached hydrogen (secondary N) is 1. The number of terminal acetylenes is 1. The maximum atomic E-state index is 8.67. The number of halogens is 1. The molecular formula is C12H11ClN2. The zero-order valence-corrected chi connectivity index (χ0v) is 9.17. The lowest BCUT2D eigenvalue weighted by Crippen LogP contribution is -2.15. The number of hydrogen-bond acceptors (Lipinski definition) is 2. The van der Waals surface area contributed by atoms with Crippen LogP contribution in [0.2, 0.25) is 5.02 Å². The maximum Gasteiger partial charge on any atom is 0.0992 e. The average molecular weight is 219 g/mol. The number of rotatable bonds is 3. The van der Waals surface area contributed by atoms with E-state index in [1.54, 1.807) is 18.2 Å². The SMILES string of the molecule is C#CC(CC)Nc1ccc(C#N)cc1Cl. The molecule has 15 heavy (non-hydrogen) atoms. The molecule has 0 saturated carbocycles. The molecule has 0 aliphatic rings. The second-order valence-electron chi connectivity index (χ2n) is 3.08. The van der Waals surface area contributed by atoms with Crippen LogP contribution in [0.1, 0.15) is 18.9 Å². The van der Waals surface area contributed by atoms with Crippen molar-refractivity contribution in [3.05, 3.63) is 28.8 Å². The van der Waals surface area contributed by atoms with E-state index in [1.807, 2.05) is 13.0 Å². The molecule has 0 saturated heterocycles. The summed E-state index contributed by atoms with van der Waals surface area (Å²) in [6.45, 7) is 2.00. The van der Waals surface area contributed by atoms with Crippen LogP contribution in [0.5, 0.6) is 0 Å². The van der Waals surface area contributed by atoms with Crippen LogP contribution in [0, 0.1) is 23.7 Å². The summed E-state index contributed by atoms with van der Waals surface area (Å²) in [4.78, 5) is 0. The topological polar surface area (TPSA) is 35.8 Å². The van der Waals surface area contributed by atoms with Gasteiger partial charge in [-0.3, -0.25) is 0 Å². The highest BCUT2D eigenvalue weighted by molar-refractivity contribution is 6.33. The quantitative estimate of drug-likeness (QED) is 0.792. The van der Waals surface area contributed by atoms with Crippen molar-refractivity contribution in [2.75, 3.05) is 5.32 Å². The van der Waals surface area contributed by atoms with E-state index in [0.717, 1.165) is 12.1 Å². The summed E-state index contributed by atoms with van der Waals surface area (Å²) in [6, 6.07) is 7.08. The Bertz CT molecular complexity index is 426. The van der Waals surface area contributed by atoms with E-state index < -0.39 is 0 Å². The minimum Gasteiger partial charge on any atom is -0.370 e. The first-order valence-corrected chi connectivity index (χ1v) is 5.01. The molecule has 1 unspecified atom stereocenters. The molecule has 0 bridgehead atoms. The Kier molecular flexibility index (Phi) is 4.03. The number of nitrogens with zero attached hydrogens (tertiary/aromatic N) is 1. The van der Waals surface area contributed by atoms with Crippen LogP contribution in [-0.4, -0.2) is 6.04 Å². The molecule has 1 aromatic carbocycles. The summed E-state index contributed by atoms with van der Waals surface area (Å²) in [5, 5.41) is 12.3. The van der Waals surface area contributed by atoms with Gasteiger partial charge in [0, 0.05) is 0 Å². The Morgan fingerprint density at radius 1 is 1.60 bits per heavy atom. The molecule has 0 aliphatic heterocycles. The molecule has 1 N–H and O–H groups in total. The van der Waals surface area contributed by atoms with Gasteiger partial charge >= 0.3 is 0 Å². The van der Waals surface area contributed by atoms with Gasteiger partial charge in [-0.25, -0.2) is 0 Å². The van der Waals surface area contributed by atoms with Crippen LogP contribution >= 0.6 is 11.6 Å². The summed E-state index contributed by atoms with van der Waals surface area (Å²) < 4.78 is 0. The molecule has 0 aromatic heterocycles. The standard InChI is InChI=1S/C12H11ClN2/c1-3-10(4-2)15-12-6-5-9(8-14)7-11(12)13/h1,5-7,10,15H,4H2,2H3. The van der Waals surface area contributed by atoms with Crippen LogP contribution in [-0.2, 0) is 0 Å². The molecule has 76 valence electrons. The normalized spacial score (nSPS) is 11.2. The summed E-state index contributed by atoms with van der Waals surface area (Å²) in [5.74, 6) is 2.62. The van der Waals surface area contributed by atoms with E-state index >= 15 is 0 Å². The molecule has 0 fully saturated rings. The van der Waals surface area contributed by atoms with Crippen molar-refractivity contribution in [3.8, 4) is 18.4 Å². The first-order valence-electron chi connectivity index (χ1n) is 4.63. The van der Waals surface area contributed by atoms with Gasteiger partial charge in [0.1, 0.15) is 0 Å². The molecule has 2 nitrogen and oxygen atoms in total. The van der Waals surface area contributed by atoms with E-state index in [0.29, 0.717) is 10.6 Å². The molecule has 1 atom stereocenters. The van der Waals surface area contributed by atoms with E-state index in [2.05, 4.69) is 11.2 Å². The molecule has 0 radical (unpaired) electrons. The molecular weight excluding hydrogens is 208 g/mol. The summed E-state index contributed by atoms with van der Waals surface area (Å²) in [7, 11) is 0. The lowest BCUT2D eigenvalue weighted by molar-refractivity contribution is 0.858. The maximum absolute atomic E-state index is 8.67. The molecule has 3 heteroatoms. The molecule has 1 rings (SSSR count). The molecule has 0 heterocycles. The van der Waals surface area contributed by atoms with Gasteiger partial charge in [-0.15, -0.1) is 6.42 Å². The Morgan fingerprint density at radius 2 is 2.33 bits per heavy atom. The van der Waals surface area contributed by atoms with Gasteiger partial charge < -0.3 is 5.32 Å². The predicted molar refractivity (Wildman–Crippen MR) is 62.7 cm³/mol. The van der Waals surface area contributed by atoms with Crippen molar-refractivity contribution in [1.82, 2.24) is 0 Å². The fourth-order valence-electron chi connectivity index (χ4n) is 1.15. The number of nitriles is 1. The predicted octanol–water partition coefficient (Wildman–Crippen LogP) is 3.04. The van der Waals surface area contributed by atoms with Gasteiger partial charge in [-0.1, -0.05) is 24.4 Å². The smallest absolute Gasteiger partial charge is 0.0992 e. The third-order valence-corrected chi connectivity index (χ3v) is 2.35. The minimum absolute atomic E-state index is 0.0320. The van der Waals surface area contributed by atoms with Crippen LogP contribution in [0.3, 0.4) is 0 Å². The van der Waals surface area contributed by atoms with E-state index in [9.17, 15) is 0 Å². The van der Waals surface area contributed by atoms with Crippen molar-refractivity contribution in [3.63, 3.8) is 0 Å². The largest absolute Gasteiger partial charge is 0.370 e. The third kappa shape index (κ3) is 2.91. The number of benzene rings is 1. The fourth-order valence-corrected chi connectivity index (χ4v) is 1.39.